The van der Waals surface area contributed by atoms with E-state index in [1.807, 2.05) is 17.8 Å². The second kappa shape index (κ2) is 7.55. The molecule has 1 aliphatic heterocycles. The molecule has 0 aliphatic carbocycles. The fraction of sp³-hybridized carbons (Fsp3) is 0.350. The van der Waals surface area contributed by atoms with Crippen molar-refractivity contribution < 1.29 is 13.2 Å². The minimum Gasteiger partial charge on any atom is -0.353 e. The van der Waals surface area contributed by atoms with E-state index < -0.39 is 11.9 Å². The van der Waals surface area contributed by atoms with E-state index in [1.165, 1.54) is 10.6 Å². The molecule has 1 aliphatic rings. The van der Waals surface area contributed by atoms with Gasteiger partial charge in [-0.2, -0.15) is 13.2 Å². The molecule has 2 atom stereocenters. The highest BCUT2D eigenvalue weighted by Gasteiger charge is 2.33. The predicted molar refractivity (Wildman–Crippen MR) is 110 cm³/mol. The number of halogens is 3. The number of hydrogen-bond donors (Lipinski definition) is 1. The number of fused-ring (bicyclic) bond motifs is 1. The predicted octanol–water partition coefficient (Wildman–Crippen LogP) is 2.48. The first-order chi connectivity index (χ1) is 15.3. The Morgan fingerprint density at radius 3 is 2.69 bits per heavy atom. The van der Waals surface area contributed by atoms with Crippen molar-refractivity contribution in [2.75, 3.05) is 18.0 Å². The van der Waals surface area contributed by atoms with Crippen LogP contribution in [0.1, 0.15) is 24.4 Å². The van der Waals surface area contributed by atoms with Gasteiger partial charge in [0.25, 0.3) is 0 Å². The first-order valence-electron chi connectivity index (χ1n) is 10.0. The molecular formula is C20H20F3N9. The molecule has 32 heavy (non-hydrogen) atoms. The Kier molecular flexibility index (Phi) is 4.81. The first kappa shape index (κ1) is 20.4. The van der Waals surface area contributed by atoms with Crippen molar-refractivity contribution in [1.29, 1.82) is 0 Å². The second-order valence-corrected chi connectivity index (χ2v) is 7.84. The summed E-state index contributed by atoms with van der Waals surface area (Å²) in [6, 6.07) is 2.05. The van der Waals surface area contributed by atoms with Gasteiger partial charge in [0.15, 0.2) is 17.2 Å². The van der Waals surface area contributed by atoms with E-state index in [-0.39, 0.29) is 23.6 Å². The SMILES string of the molecule is C[C@@H]1CN(c2ccnc(-c3cnc4cnc(C(F)(F)F)cn34)n2)C[C@H](c2cncn2C)N1. The van der Waals surface area contributed by atoms with Gasteiger partial charge in [-0.1, -0.05) is 0 Å². The summed E-state index contributed by atoms with van der Waals surface area (Å²) in [4.78, 5) is 22.9. The van der Waals surface area contributed by atoms with Crippen LogP contribution in [0.2, 0.25) is 0 Å². The van der Waals surface area contributed by atoms with Crippen molar-refractivity contribution in [3.05, 3.63) is 54.8 Å². The highest BCUT2D eigenvalue weighted by Crippen LogP contribution is 2.29. The number of piperazine rings is 1. The second-order valence-electron chi connectivity index (χ2n) is 7.84. The number of nitrogens with one attached hydrogen (secondary N) is 1. The third-order valence-electron chi connectivity index (χ3n) is 5.47. The highest BCUT2D eigenvalue weighted by atomic mass is 19.4. The Balaban J connectivity index is 1.49. The maximum Gasteiger partial charge on any atom is 0.434 e. The molecule has 5 rings (SSSR count). The van der Waals surface area contributed by atoms with Crippen molar-refractivity contribution in [3.63, 3.8) is 0 Å². The molecule has 4 aromatic heterocycles. The molecule has 0 bridgehead atoms. The van der Waals surface area contributed by atoms with Crippen molar-refractivity contribution in [1.82, 2.24) is 39.2 Å². The molecule has 9 nitrogen and oxygen atoms in total. The monoisotopic (exact) mass is 443 g/mol. The maximum absolute atomic E-state index is 13.1. The molecule has 166 valence electrons. The summed E-state index contributed by atoms with van der Waals surface area (Å²) in [6.07, 6.45) is 4.11. The van der Waals surface area contributed by atoms with Gasteiger partial charge in [-0.05, 0) is 13.0 Å². The number of rotatable bonds is 3. The zero-order chi connectivity index (χ0) is 22.5. The lowest BCUT2D eigenvalue weighted by Gasteiger charge is -2.38. The molecule has 5 heterocycles. The van der Waals surface area contributed by atoms with Gasteiger partial charge in [-0.25, -0.2) is 24.9 Å². The zero-order valence-electron chi connectivity index (χ0n) is 17.3. The van der Waals surface area contributed by atoms with E-state index in [0.717, 1.165) is 24.6 Å². The minimum absolute atomic E-state index is 0.0564. The lowest BCUT2D eigenvalue weighted by Crippen LogP contribution is -2.51. The number of hydrogen-bond acceptors (Lipinski definition) is 7. The van der Waals surface area contributed by atoms with E-state index in [4.69, 9.17) is 0 Å². The van der Waals surface area contributed by atoms with Gasteiger partial charge in [0, 0.05) is 44.8 Å². The van der Waals surface area contributed by atoms with Gasteiger partial charge in [0.1, 0.15) is 11.5 Å². The molecule has 1 N–H and O–H groups in total. The van der Waals surface area contributed by atoms with Crippen LogP contribution in [0.3, 0.4) is 0 Å². The molecule has 0 aromatic carbocycles. The third kappa shape index (κ3) is 3.66. The third-order valence-corrected chi connectivity index (χ3v) is 5.47. The fourth-order valence-electron chi connectivity index (χ4n) is 3.99. The Hall–Kier alpha value is -3.54. The van der Waals surface area contributed by atoms with E-state index >= 15 is 0 Å². The van der Waals surface area contributed by atoms with Gasteiger partial charge >= 0.3 is 6.18 Å². The lowest BCUT2D eigenvalue weighted by molar-refractivity contribution is -0.141. The Morgan fingerprint density at radius 2 is 1.94 bits per heavy atom. The van der Waals surface area contributed by atoms with Crippen LogP contribution < -0.4 is 10.2 Å². The number of aromatic nitrogens is 7. The van der Waals surface area contributed by atoms with Gasteiger partial charge < -0.3 is 14.8 Å². The van der Waals surface area contributed by atoms with Crippen LogP contribution in [0.15, 0.2) is 43.4 Å². The standard InChI is InChI=1S/C20H20F3N9/c1-12-8-31(9-13(28-12)14-5-24-11-30(14)2)17-3-4-25-19(29-17)15-6-27-18-7-26-16(10-32(15)18)20(21,22)23/h3-7,10-13,28H,8-9H2,1-2H3/t12-,13-/m1/s1. The van der Waals surface area contributed by atoms with E-state index in [2.05, 4.69) is 42.1 Å². The number of nitrogens with zero attached hydrogens (tertiary/aromatic N) is 8. The molecule has 0 radical (unpaired) electrons. The number of alkyl halides is 3. The zero-order valence-corrected chi connectivity index (χ0v) is 17.3. The maximum atomic E-state index is 13.1. The molecule has 0 spiro atoms. The smallest absolute Gasteiger partial charge is 0.353 e. The summed E-state index contributed by atoms with van der Waals surface area (Å²) in [6.45, 7) is 3.48. The largest absolute Gasteiger partial charge is 0.434 e. The highest BCUT2D eigenvalue weighted by molar-refractivity contribution is 5.58. The van der Waals surface area contributed by atoms with Crippen molar-refractivity contribution >= 4 is 11.5 Å². The Morgan fingerprint density at radius 1 is 1.09 bits per heavy atom. The normalized spacial score (nSPS) is 19.6. The van der Waals surface area contributed by atoms with Crippen molar-refractivity contribution in [2.45, 2.75) is 25.2 Å². The Bertz CT molecular complexity index is 1260. The van der Waals surface area contributed by atoms with Crippen LogP contribution in [-0.4, -0.2) is 53.0 Å². The van der Waals surface area contributed by atoms with Crippen LogP contribution in [0.5, 0.6) is 0 Å². The molecule has 0 amide bonds. The summed E-state index contributed by atoms with van der Waals surface area (Å²) in [5, 5.41) is 3.57. The molecule has 0 unspecified atom stereocenters. The van der Waals surface area contributed by atoms with Gasteiger partial charge in [0.05, 0.1) is 30.5 Å². The first-order valence-corrected chi connectivity index (χ1v) is 10.0. The summed E-state index contributed by atoms with van der Waals surface area (Å²) >= 11 is 0. The number of anilines is 1. The average molecular weight is 443 g/mol. The van der Waals surface area contributed by atoms with Crippen LogP contribution in [-0.2, 0) is 13.2 Å². The Labute approximate surface area is 181 Å². The van der Waals surface area contributed by atoms with Crippen molar-refractivity contribution in [3.8, 4) is 11.5 Å². The molecule has 12 heteroatoms. The summed E-state index contributed by atoms with van der Waals surface area (Å²) in [7, 11) is 1.95. The number of imidazole rings is 2. The summed E-state index contributed by atoms with van der Waals surface area (Å²) in [5.74, 6) is 0.980. The van der Waals surface area contributed by atoms with Crippen LogP contribution in [0, 0.1) is 0 Å². The van der Waals surface area contributed by atoms with Crippen LogP contribution in [0.4, 0.5) is 19.0 Å². The molecule has 0 saturated carbocycles. The molecule has 1 saturated heterocycles. The van der Waals surface area contributed by atoms with Crippen LogP contribution >= 0.6 is 0 Å². The van der Waals surface area contributed by atoms with E-state index in [0.29, 0.717) is 18.1 Å². The number of aryl methyl sites for hydroxylation is 1. The van der Waals surface area contributed by atoms with Gasteiger partial charge in [0.2, 0.25) is 0 Å². The van der Waals surface area contributed by atoms with Crippen molar-refractivity contribution in [2.24, 2.45) is 7.05 Å². The minimum atomic E-state index is -4.56. The van der Waals surface area contributed by atoms with Gasteiger partial charge in [-0.3, -0.25) is 4.40 Å². The quantitative estimate of drug-likeness (QED) is 0.520. The summed E-state index contributed by atoms with van der Waals surface area (Å²) < 4.78 is 42.7. The molecular weight excluding hydrogens is 423 g/mol. The molecule has 1 fully saturated rings. The topological polar surface area (TPSA) is 89.1 Å². The lowest BCUT2D eigenvalue weighted by atomic mass is 10.1. The summed E-state index contributed by atoms with van der Waals surface area (Å²) in [5.41, 5.74) is 0.704. The van der Waals surface area contributed by atoms with E-state index in [1.54, 1.807) is 18.6 Å². The van der Waals surface area contributed by atoms with Gasteiger partial charge in [-0.15, -0.1) is 0 Å². The molecule has 4 aromatic rings. The average Bonchev–Trinajstić information content (AvgIpc) is 3.38. The van der Waals surface area contributed by atoms with Crippen LogP contribution in [0.25, 0.3) is 17.2 Å². The fourth-order valence-corrected chi connectivity index (χ4v) is 3.99. The van der Waals surface area contributed by atoms with E-state index in [9.17, 15) is 13.2 Å².